The third-order valence-electron chi connectivity index (χ3n) is 12.8. The molecule has 0 amide bonds. The van der Waals surface area contributed by atoms with Gasteiger partial charge < -0.3 is 39.0 Å². The number of esters is 3. The SMILES string of the molecule is CC/C=C\C/C=C\C/C=C\C/C=C\C/C=C\CCCCCC(=O)OCC(COC1OC(C(=O)O)C(O)C(O)C1OC(=O)CCCCCCCCCCCCCCC)OC(=O)CCCC/C=C\C/C=C\C/C=C\C/C=C\CC. The number of rotatable bonds is 49. The van der Waals surface area contributed by atoms with Crippen LogP contribution in [0.4, 0.5) is 0 Å². The molecule has 6 atom stereocenters. The first-order valence-electron chi connectivity index (χ1n) is 29.9. The molecule has 0 aromatic carbocycles. The fourth-order valence-electron chi connectivity index (χ4n) is 8.33. The first-order chi connectivity index (χ1) is 37.6. The molecule has 0 saturated carbocycles. The summed E-state index contributed by atoms with van der Waals surface area (Å²) in [7, 11) is 0. The Morgan fingerprint density at radius 2 is 0.818 bits per heavy atom. The van der Waals surface area contributed by atoms with Crippen LogP contribution in [0.2, 0.25) is 0 Å². The summed E-state index contributed by atoms with van der Waals surface area (Å²) in [6.07, 6.45) is 57.7. The lowest BCUT2D eigenvalue weighted by atomic mass is 9.98. The molecule has 1 rings (SSSR count). The molecule has 3 N–H and O–H groups in total. The van der Waals surface area contributed by atoms with Gasteiger partial charge in [0.1, 0.15) is 18.8 Å². The van der Waals surface area contributed by atoms with Crippen molar-refractivity contribution in [3.8, 4) is 0 Å². The number of aliphatic hydroxyl groups is 2. The molecule has 0 radical (unpaired) electrons. The summed E-state index contributed by atoms with van der Waals surface area (Å²) in [5, 5.41) is 31.5. The molecule has 6 unspecified atom stereocenters. The highest BCUT2D eigenvalue weighted by atomic mass is 16.7. The molecule has 0 bridgehead atoms. The van der Waals surface area contributed by atoms with Crippen molar-refractivity contribution in [2.45, 2.75) is 263 Å². The second-order valence-corrected chi connectivity index (χ2v) is 19.9. The Bertz CT molecular complexity index is 1750. The van der Waals surface area contributed by atoms with Crippen molar-refractivity contribution < 1.29 is 58.2 Å². The van der Waals surface area contributed by atoms with Crippen LogP contribution in [-0.4, -0.2) is 89.2 Å². The molecular formula is C65H104O12. The van der Waals surface area contributed by atoms with Crippen molar-refractivity contribution >= 4 is 23.9 Å². The quantitative estimate of drug-likeness (QED) is 0.0228. The van der Waals surface area contributed by atoms with Crippen molar-refractivity contribution in [3.05, 3.63) is 109 Å². The predicted octanol–water partition coefficient (Wildman–Crippen LogP) is 15.4. The Morgan fingerprint density at radius 3 is 1.27 bits per heavy atom. The first-order valence-corrected chi connectivity index (χ1v) is 29.9. The van der Waals surface area contributed by atoms with Crippen LogP contribution in [0.5, 0.6) is 0 Å². The van der Waals surface area contributed by atoms with Crippen LogP contribution in [0, 0.1) is 0 Å². The second kappa shape index (κ2) is 52.1. The van der Waals surface area contributed by atoms with Gasteiger partial charge in [0.2, 0.25) is 0 Å². The third kappa shape index (κ3) is 42.1. The normalized spacial score (nSPS) is 18.8. The summed E-state index contributed by atoms with van der Waals surface area (Å²) >= 11 is 0. The number of hydrogen-bond donors (Lipinski definition) is 3. The number of unbranched alkanes of at least 4 members (excludes halogenated alkanes) is 17. The van der Waals surface area contributed by atoms with Gasteiger partial charge in [-0.25, -0.2) is 4.79 Å². The number of aliphatic carboxylic acids is 1. The van der Waals surface area contributed by atoms with E-state index in [-0.39, 0.29) is 25.9 Å². The monoisotopic (exact) mass is 1080 g/mol. The average Bonchev–Trinajstić information content (AvgIpc) is 3.42. The van der Waals surface area contributed by atoms with Crippen molar-refractivity contribution in [1.82, 2.24) is 0 Å². The van der Waals surface area contributed by atoms with E-state index in [1.807, 2.05) is 0 Å². The van der Waals surface area contributed by atoms with E-state index < -0.39 is 67.3 Å². The van der Waals surface area contributed by atoms with Crippen LogP contribution in [0.25, 0.3) is 0 Å². The van der Waals surface area contributed by atoms with E-state index in [1.165, 1.54) is 51.4 Å². The highest BCUT2D eigenvalue weighted by Gasteiger charge is 2.50. The summed E-state index contributed by atoms with van der Waals surface area (Å²) in [6, 6.07) is 0. The predicted molar refractivity (Wildman–Crippen MR) is 312 cm³/mol. The van der Waals surface area contributed by atoms with E-state index in [0.29, 0.717) is 19.3 Å². The van der Waals surface area contributed by atoms with E-state index in [9.17, 15) is 34.5 Å². The van der Waals surface area contributed by atoms with E-state index >= 15 is 0 Å². The van der Waals surface area contributed by atoms with Crippen LogP contribution in [0.15, 0.2) is 109 Å². The van der Waals surface area contributed by atoms with E-state index in [4.69, 9.17) is 23.7 Å². The Balaban J connectivity index is 2.74. The molecule has 1 aliphatic heterocycles. The number of carboxylic acids is 1. The molecular weight excluding hydrogens is 973 g/mol. The zero-order valence-corrected chi connectivity index (χ0v) is 47.9. The molecule has 0 aliphatic carbocycles. The number of aliphatic hydroxyl groups excluding tert-OH is 2. The molecule has 0 spiro atoms. The second-order valence-electron chi connectivity index (χ2n) is 19.9. The van der Waals surface area contributed by atoms with Crippen LogP contribution in [0.1, 0.15) is 226 Å². The summed E-state index contributed by atoms with van der Waals surface area (Å²) < 4.78 is 28.4. The van der Waals surface area contributed by atoms with Crippen molar-refractivity contribution in [2.75, 3.05) is 13.2 Å². The lowest BCUT2D eigenvalue weighted by Gasteiger charge is -2.40. The smallest absolute Gasteiger partial charge is 0.335 e. The van der Waals surface area contributed by atoms with E-state index in [0.717, 1.165) is 116 Å². The Kier molecular flexibility index (Phi) is 47.6. The molecule has 1 saturated heterocycles. The topological polar surface area (TPSA) is 175 Å². The van der Waals surface area contributed by atoms with Gasteiger partial charge in [-0.3, -0.25) is 14.4 Å². The van der Waals surface area contributed by atoms with E-state index in [1.54, 1.807) is 0 Å². The molecule has 0 aromatic rings. The summed E-state index contributed by atoms with van der Waals surface area (Å²) in [4.78, 5) is 51.1. The number of ether oxygens (including phenoxy) is 5. The molecule has 436 valence electrons. The minimum absolute atomic E-state index is 0.0496. The van der Waals surface area contributed by atoms with Gasteiger partial charge in [-0.15, -0.1) is 0 Å². The van der Waals surface area contributed by atoms with Crippen LogP contribution in [0.3, 0.4) is 0 Å². The number of hydrogen-bond acceptors (Lipinski definition) is 11. The standard InChI is InChI=1S/C65H104O12/c1-4-7-10-13-16-19-22-25-27-28-29-30-32-34-36-39-42-45-48-51-57(66)73-54-56(75-58(67)52-49-46-43-40-38-35-31-26-23-20-17-14-11-8-5-2)55-74-65-63(61(70)60(69)62(77-65)64(71)72)76-59(68)53-50-47-44-41-37-33-24-21-18-15-12-9-6-3/h7-8,10-11,16-17,19-20,25-27,29-31,34,36,38,40,56,60-63,65,69-70H,4-6,9,12-15,18,21-24,28,32-33,35,37,39,41-55H2,1-3H3,(H,71,72)/b10-7-,11-8-,19-16-,20-17-,27-25-,30-29-,31-26-,36-34-,40-38-. The molecule has 12 nitrogen and oxygen atoms in total. The maximum absolute atomic E-state index is 13.1. The van der Waals surface area contributed by atoms with Gasteiger partial charge in [-0.1, -0.05) is 214 Å². The number of carboxylic acid groups (broad SMARTS) is 1. The maximum Gasteiger partial charge on any atom is 0.335 e. The fourth-order valence-corrected chi connectivity index (χ4v) is 8.33. The number of allylic oxidation sites excluding steroid dienone is 18. The summed E-state index contributed by atoms with van der Waals surface area (Å²) in [6.45, 7) is 5.69. The van der Waals surface area contributed by atoms with Crippen molar-refractivity contribution in [2.24, 2.45) is 0 Å². The van der Waals surface area contributed by atoms with Gasteiger partial charge >= 0.3 is 23.9 Å². The van der Waals surface area contributed by atoms with Gasteiger partial charge in [-0.2, -0.15) is 0 Å². The summed E-state index contributed by atoms with van der Waals surface area (Å²) in [5.74, 6) is -3.23. The lowest BCUT2D eigenvalue weighted by Crippen LogP contribution is -2.61. The number of carbonyl (C=O) groups excluding carboxylic acids is 3. The molecule has 1 aliphatic rings. The Hall–Kier alpha value is -4.62. The molecule has 12 heteroatoms. The first kappa shape index (κ1) is 70.4. The molecule has 1 fully saturated rings. The van der Waals surface area contributed by atoms with Gasteiger partial charge in [0.15, 0.2) is 24.6 Å². The van der Waals surface area contributed by atoms with Crippen LogP contribution >= 0.6 is 0 Å². The minimum atomic E-state index is -1.92. The molecule has 1 heterocycles. The van der Waals surface area contributed by atoms with Crippen LogP contribution < -0.4 is 0 Å². The van der Waals surface area contributed by atoms with Gasteiger partial charge in [-0.05, 0) is 103 Å². The third-order valence-corrected chi connectivity index (χ3v) is 12.8. The highest BCUT2D eigenvalue weighted by Crippen LogP contribution is 2.26. The lowest BCUT2D eigenvalue weighted by molar-refractivity contribution is -0.301. The molecule has 0 aromatic heterocycles. The van der Waals surface area contributed by atoms with Gasteiger partial charge in [0, 0.05) is 19.3 Å². The largest absolute Gasteiger partial charge is 0.479 e. The van der Waals surface area contributed by atoms with Gasteiger partial charge in [0.25, 0.3) is 0 Å². The Morgan fingerprint density at radius 1 is 0.442 bits per heavy atom. The summed E-state index contributed by atoms with van der Waals surface area (Å²) in [5.41, 5.74) is 0. The van der Waals surface area contributed by atoms with Crippen LogP contribution in [-0.2, 0) is 42.9 Å². The zero-order valence-electron chi connectivity index (χ0n) is 47.9. The minimum Gasteiger partial charge on any atom is -0.479 e. The molecule has 77 heavy (non-hydrogen) atoms. The van der Waals surface area contributed by atoms with Gasteiger partial charge in [0.05, 0.1) is 6.61 Å². The average molecular weight is 1080 g/mol. The highest BCUT2D eigenvalue weighted by molar-refractivity contribution is 5.74. The van der Waals surface area contributed by atoms with E-state index in [2.05, 4.69) is 130 Å². The maximum atomic E-state index is 13.1. The van der Waals surface area contributed by atoms with Crippen molar-refractivity contribution in [3.63, 3.8) is 0 Å². The fraction of sp³-hybridized carbons (Fsp3) is 0.662. The zero-order chi connectivity index (χ0) is 56.1. The number of carbonyl (C=O) groups is 4. The van der Waals surface area contributed by atoms with Crippen molar-refractivity contribution in [1.29, 1.82) is 0 Å². The Labute approximate surface area is 465 Å².